The van der Waals surface area contributed by atoms with Crippen molar-refractivity contribution < 1.29 is 14.3 Å². The smallest absolute Gasteiger partial charge is 0.326 e. The van der Waals surface area contributed by atoms with E-state index in [1.165, 1.54) is 4.57 Å². The molecule has 1 saturated heterocycles. The summed E-state index contributed by atoms with van der Waals surface area (Å²) in [7, 11) is 0. The summed E-state index contributed by atoms with van der Waals surface area (Å²) in [6, 6.07) is -0.897. The highest BCUT2D eigenvalue weighted by molar-refractivity contribution is 5.71. The summed E-state index contributed by atoms with van der Waals surface area (Å²) in [5.41, 5.74) is 0.736. The molecule has 0 aromatic carbocycles. The highest BCUT2D eigenvalue weighted by atomic mass is 19.1. The molecule has 0 bridgehead atoms. The molecule has 1 aromatic heterocycles. The highest BCUT2D eigenvalue weighted by Crippen LogP contribution is 2.19. The molecule has 0 amide bonds. The number of carboxylic acid groups (broad SMARTS) is 1. The van der Waals surface area contributed by atoms with Gasteiger partial charge in [0.05, 0.1) is 5.69 Å². The maximum atomic E-state index is 12.9. The van der Waals surface area contributed by atoms with Gasteiger partial charge in [-0.3, -0.25) is 19.2 Å². The number of carboxylic acids is 1. The van der Waals surface area contributed by atoms with Gasteiger partial charge in [0.1, 0.15) is 17.9 Å². The zero-order valence-corrected chi connectivity index (χ0v) is 15.4. The average Bonchev–Trinajstić information content (AvgIpc) is 2.48. The van der Waals surface area contributed by atoms with E-state index in [9.17, 15) is 19.1 Å². The summed E-state index contributed by atoms with van der Waals surface area (Å²) >= 11 is 0. The third-order valence-electron chi connectivity index (χ3n) is 4.46. The molecule has 1 atom stereocenters. The Balaban J connectivity index is 2.32. The lowest BCUT2D eigenvalue weighted by Gasteiger charge is -2.34. The minimum atomic E-state index is -1.01. The third kappa shape index (κ3) is 4.87. The molecule has 1 fully saturated rings. The minimum Gasteiger partial charge on any atom is -0.480 e. The van der Waals surface area contributed by atoms with Gasteiger partial charge in [0, 0.05) is 38.2 Å². The first-order valence-corrected chi connectivity index (χ1v) is 8.90. The van der Waals surface area contributed by atoms with Gasteiger partial charge < -0.3 is 5.11 Å². The predicted molar refractivity (Wildman–Crippen MR) is 93.8 cm³/mol. The van der Waals surface area contributed by atoms with Crippen molar-refractivity contribution in [3.63, 3.8) is 0 Å². The van der Waals surface area contributed by atoms with Crippen LogP contribution in [0.2, 0.25) is 0 Å². The number of hydrogen-bond donors (Lipinski definition) is 1. The number of carbonyl (C=O) groups is 1. The lowest BCUT2D eigenvalue weighted by molar-refractivity contribution is -0.141. The van der Waals surface area contributed by atoms with Crippen molar-refractivity contribution in [3.8, 4) is 0 Å². The number of aliphatic carboxylic acids is 1. The zero-order chi connectivity index (χ0) is 18.7. The van der Waals surface area contributed by atoms with Crippen molar-refractivity contribution in [1.29, 1.82) is 0 Å². The van der Waals surface area contributed by atoms with Crippen molar-refractivity contribution in [2.75, 3.05) is 19.6 Å². The topological polar surface area (TPSA) is 75.4 Å². The largest absolute Gasteiger partial charge is 0.480 e. The van der Waals surface area contributed by atoms with Crippen LogP contribution in [-0.2, 0) is 11.2 Å². The van der Waals surface area contributed by atoms with Crippen LogP contribution in [0.15, 0.2) is 11.0 Å². The van der Waals surface area contributed by atoms with Gasteiger partial charge in [-0.2, -0.15) is 0 Å². The van der Waals surface area contributed by atoms with Crippen LogP contribution in [0.1, 0.15) is 57.5 Å². The molecule has 2 rings (SSSR count). The number of alkyl halides is 1. The summed E-state index contributed by atoms with van der Waals surface area (Å²) in [5, 5.41) is 9.58. The molecule has 6 nitrogen and oxygen atoms in total. The molecule has 0 aliphatic carbocycles. The second-order valence-corrected chi connectivity index (χ2v) is 7.58. The molecule has 0 saturated carbocycles. The molecule has 140 valence electrons. The molecule has 0 radical (unpaired) electrons. The fourth-order valence-electron chi connectivity index (χ4n) is 3.05. The molecule has 1 aromatic rings. The Bertz CT molecular complexity index is 666. The number of rotatable bonds is 8. The maximum absolute atomic E-state index is 12.9. The second-order valence-electron chi connectivity index (χ2n) is 7.58. The Kier molecular flexibility index (Phi) is 6.32. The van der Waals surface area contributed by atoms with E-state index in [0.717, 1.165) is 0 Å². The zero-order valence-electron chi connectivity index (χ0n) is 15.4. The van der Waals surface area contributed by atoms with E-state index < -0.39 is 18.2 Å². The Morgan fingerprint density at radius 1 is 1.36 bits per heavy atom. The normalized spacial score (nSPS) is 17.1. The van der Waals surface area contributed by atoms with E-state index in [1.54, 1.807) is 6.20 Å². The first-order chi connectivity index (χ1) is 11.7. The summed E-state index contributed by atoms with van der Waals surface area (Å²) in [6.07, 6.45) is 1.77. The van der Waals surface area contributed by atoms with Crippen LogP contribution in [0.5, 0.6) is 0 Å². The molecule has 25 heavy (non-hydrogen) atoms. The standard InChI is InChI=1S/C18H28FN3O3/c1-11(2)7-15(18(24)25)22-10-14(5-6-21-8-13(19)9-21)20-16(12(3)4)17(22)23/h10-13,15H,5-9H2,1-4H3,(H,24,25). The van der Waals surface area contributed by atoms with Crippen LogP contribution in [0, 0.1) is 5.92 Å². The fourth-order valence-corrected chi connectivity index (χ4v) is 3.05. The Hall–Kier alpha value is -1.76. The molecule has 0 spiro atoms. The van der Waals surface area contributed by atoms with Crippen molar-refractivity contribution in [2.24, 2.45) is 5.92 Å². The van der Waals surface area contributed by atoms with Crippen molar-refractivity contribution in [2.45, 2.75) is 58.7 Å². The average molecular weight is 353 g/mol. The minimum absolute atomic E-state index is 0.0913. The second kappa shape index (κ2) is 8.08. The lowest BCUT2D eigenvalue weighted by atomic mass is 10.0. The van der Waals surface area contributed by atoms with Gasteiger partial charge in [-0.25, -0.2) is 9.18 Å². The first-order valence-electron chi connectivity index (χ1n) is 8.90. The summed E-state index contributed by atoms with van der Waals surface area (Å²) in [4.78, 5) is 30.9. The van der Waals surface area contributed by atoms with E-state index in [-0.39, 0.29) is 17.4 Å². The third-order valence-corrected chi connectivity index (χ3v) is 4.46. The number of likely N-dealkylation sites (tertiary alicyclic amines) is 1. The van der Waals surface area contributed by atoms with Gasteiger partial charge in [0.15, 0.2) is 0 Å². The van der Waals surface area contributed by atoms with Crippen LogP contribution in [-0.4, -0.2) is 51.3 Å². The Morgan fingerprint density at radius 3 is 2.48 bits per heavy atom. The summed E-state index contributed by atoms with van der Waals surface area (Å²) in [6.45, 7) is 9.14. The Labute approximate surface area is 147 Å². The van der Waals surface area contributed by atoms with Gasteiger partial charge in [0.2, 0.25) is 0 Å². The fraction of sp³-hybridized carbons (Fsp3) is 0.722. The van der Waals surface area contributed by atoms with Crippen LogP contribution >= 0.6 is 0 Å². The van der Waals surface area contributed by atoms with Gasteiger partial charge >= 0.3 is 5.97 Å². The number of aromatic nitrogens is 2. The molecule has 1 unspecified atom stereocenters. The molecule has 1 aliphatic heterocycles. The van der Waals surface area contributed by atoms with Crippen molar-refractivity contribution in [3.05, 3.63) is 27.9 Å². The maximum Gasteiger partial charge on any atom is 0.326 e. The number of halogens is 1. The van der Waals surface area contributed by atoms with Crippen LogP contribution in [0.3, 0.4) is 0 Å². The van der Waals surface area contributed by atoms with Gasteiger partial charge in [-0.1, -0.05) is 27.7 Å². The molecule has 1 aliphatic rings. The summed E-state index contributed by atoms with van der Waals surface area (Å²) < 4.78 is 14.3. The summed E-state index contributed by atoms with van der Waals surface area (Å²) in [5.74, 6) is -0.952. The van der Waals surface area contributed by atoms with Gasteiger partial charge in [-0.15, -0.1) is 0 Å². The van der Waals surface area contributed by atoms with Crippen LogP contribution in [0.25, 0.3) is 0 Å². The van der Waals surface area contributed by atoms with Crippen molar-refractivity contribution >= 4 is 5.97 Å². The lowest BCUT2D eigenvalue weighted by Crippen LogP contribution is -2.49. The number of nitrogens with zero attached hydrogens (tertiary/aromatic N) is 3. The SMILES string of the molecule is CC(C)CC(C(=O)O)n1cc(CCN2CC(F)C2)nc(C(C)C)c1=O. The molecule has 7 heteroatoms. The van der Waals surface area contributed by atoms with E-state index in [0.29, 0.717) is 43.9 Å². The quantitative estimate of drug-likeness (QED) is 0.776. The van der Waals surface area contributed by atoms with Crippen molar-refractivity contribution in [1.82, 2.24) is 14.5 Å². The van der Waals surface area contributed by atoms with Gasteiger partial charge in [-0.05, 0) is 12.3 Å². The molecular weight excluding hydrogens is 325 g/mol. The molecular formula is C18H28FN3O3. The monoisotopic (exact) mass is 353 g/mol. The number of hydrogen-bond acceptors (Lipinski definition) is 4. The van der Waals surface area contributed by atoms with Crippen LogP contribution < -0.4 is 5.56 Å². The Morgan fingerprint density at radius 2 is 2.00 bits per heavy atom. The highest BCUT2D eigenvalue weighted by Gasteiger charge is 2.27. The van der Waals surface area contributed by atoms with E-state index in [1.807, 2.05) is 32.6 Å². The van der Waals surface area contributed by atoms with Gasteiger partial charge in [0.25, 0.3) is 5.56 Å². The van der Waals surface area contributed by atoms with E-state index >= 15 is 0 Å². The molecule has 1 N–H and O–H groups in total. The van der Waals surface area contributed by atoms with E-state index in [2.05, 4.69) is 4.98 Å². The predicted octanol–water partition coefficient (Wildman–Crippen LogP) is 2.23. The van der Waals surface area contributed by atoms with Crippen LogP contribution in [0.4, 0.5) is 4.39 Å². The van der Waals surface area contributed by atoms with E-state index in [4.69, 9.17) is 0 Å². The first kappa shape index (κ1) is 19.6. The molecule has 2 heterocycles.